The second-order valence-electron chi connectivity index (χ2n) is 6.42. The SMILES string of the molecule is CC(C)C(=O)N1CCCC(N(C)c2ccnc3[nH]ccc23)C1. The lowest BCUT2D eigenvalue weighted by Gasteiger charge is -2.39. The van der Waals surface area contributed by atoms with Gasteiger partial charge in [-0.3, -0.25) is 4.79 Å². The van der Waals surface area contributed by atoms with Crippen LogP contribution in [0.2, 0.25) is 0 Å². The van der Waals surface area contributed by atoms with Crippen LogP contribution >= 0.6 is 0 Å². The molecule has 2 aromatic heterocycles. The second kappa shape index (κ2) is 5.99. The van der Waals surface area contributed by atoms with Gasteiger partial charge in [0.05, 0.1) is 0 Å². The minimum absolute atomic E-state index is 0.0707. The number of anilines is 1. The van der Waals surface area contributed by atoms with Gasteiger partial charge >= 0.3 is 0 Å². The number of carbonyl (C=O) groups excluding carboxylic acids is 1. The quantitative estimate of drug-likeness (QED) is 0.948. The molecule has 5 heteroatoms. The summed E-state index contributed by atoms with van der Waals surface area (Å²) in [5, 5.41) is 1.14. The summed E-state index contributed by atoms with van der Waals surface area (Å²) >= 11 is 0. The van der Waals surface area contributed by atoms with Crippen molar-refractivity contribution in [2.75, 3.05) is 25.0 Å². The third-order valence-corrected chi connectivity index (χ3v) is 4.57. The Morgan fingerprint density at radius 3 is 3.05 bits per heavy atom. The number of carbonyl (C=O) groups is 1. The van der Waals surface area contributed by atoms with Crippen LogP contribution in [0.1, 0.15) is 26.7 Å². The molecule has 0 aromatic carbocycles. The first-order valence-electron chi connectivity index (χ1n) is 8.01. The van der Waals surface area contributed by atoms with Crippen molar-refractivity contribution in [2.45, 2.75) is 32.7 Å². The third-order valence-electron chi connectivity index (χ3n) is 4.57. The van der Waals surface area contributed by atoms with E-state index in [1.165, 1.54) is 5.69 Å². The molecule has 1 atom stereocenters. The Morgan fingerprint density at radius 1 is 1.45 bits per heavy atom. The van der Waals surface area contributed by atoms with E-state index in [-0.39, 0.29) is 11.8 Å². The highest BCUT2D eigenvalue weighted by Gasteiger charge is 2.28. The van der Waals surface area contributed by atoms with Crippen molar-refractivity contribution in [2.24, 2.45) is 5.92 Å². The molecular weight excluding hydrogens is 276 g/mol. The van der Waals surface area contributed by atoms with Crippen molar-refractivity contribution in [1.29, 1.82) is 0 Å². The van der Waals surface area contributed by atoms with Gasteiger partial charge in [0.1, 0.15) is 5.65 Å². The van der Waals surface area contributed by atoms with E-state index >= 15 is 0 Å². The molecule has 0 spiro atoms. The highest BCUT2D eigenvalue weighted by atomic mass is 16.2. The molecule has 0 radical (unpaired) electrons. The Kier molecular flexibility index (Phi) is 4.05. The zero-order valence-corrected chi connectivity index (χ0v) is 13.5. The van der Waals surface area contributed by atoms with Gasteiger partial charge in [-0.25, -0.2) is 4.98 Å². The van der Waals surface area contributed by atoms with Crippen LogP contribution in [-0.4, -0.2) is 47.0 Å². The molecule has 0 bridgehead atoms. The van der Waals surface area contributed by atoms with Crippen molar-refractivity contribution >= 4 is 22.6 Å². The van der Waals surface area contributed by atoms with Gasteiger partial charge in [0, 0.05) is 55.6 Å². The molecule has 1 aliphatic rings. The van der Waals surface area contributed by atoms with E-state index in [0.29, 0.717) is 6.04 Å². The molecule has 5 nitrogen and oxygen atoms in total. The first-order chi connectivity index (χ1) is 10.6. The molecule has 2 aromatic rings. The van der Waals surface area contributed by atoms with E-state index in [4.69, 9.17) is 0 Å². The minimum atomic E-state index is 0.0707. The number of likely N-dealkylation sites (N-methyl/N-ethyl adjacent to an activating group) is 1. The van der Waals surface area contributed by atoms with E-state index in [9.17, 15) is 4.79 Å². The van der Waals surface area contributed by atoms with E-state index in [1.54, 1.807) is 0 Å². The standard InChI is InChI=1S/C17H24N4O/c1-12(2)17(22)21-10-4-5-13(11-21)20(3)15-7-9-19-16-14(15)6-8-18-16/h6-9,12-13H,4-5,10-11H2,1-3H3,(H,18,19). The highest BCUT2D eigenvalue weighted by Crippen LogP contribution is 2.28. The number of likely N-dealkylation sites (tertiary alicyclic amines) is 1. The molecule has 0 saturated carbocycles. The van der Waals surface area contributed by atoms with Gasteiger partial charge in [0.15, 0.2) is 0 Å². The summed E-state index contributed by atoms with van der Waals surface area (Å²) in [5.41, 5.74) is 2.09. The maximum absolute atomic E-state index is 12.3. The number of nitrogens with zero attached hydrogens (tertiary/aromatic N) is 3. The van der Waals surface area contributed by atoms with Gasteiger partial charge in [0.25, 0.3) is 0 Å². The molecule has 22 heavy (non-hydrogen) atoms. The molecular formula is C17H24N4O. The fourth-order valence-electron chi connectivity index (χ4n) is 3.29. The lowest BCUT2D eigenvalue weighted by atomic mass is 10.0. The molecule has 3 heterocycles. The van der Waals surface area contributed by atoms with Crippen LogP contribution < -0.4 is 4.90 Å². The van der Waals surface area contributed by atoms with E-state index in [1.807, 2.05) is 31.1 Å². The predicted octanol–water partition coefficient (Wildman–Crippen LogP) is 2.65. The molecule has 3 rings (SSSR count). The molecule has 1 fully saturated rings. The van der Waals surface area contributed by atoms with E-state index in [0.717, 1.165) is 37.0 Å². The number of aromatic nitrogens is 2. The van der Waals surface area contributed by atoms with Crippen molar-refractivity contribution in [3.05, 3.63) is 24.5 Å². The van der Waals surface area contributed by atoms with Crippen LogP contribution in [-0.2, 0) is 4.79 Å². The van der Waals surface area contributed by atoms with Gasteiger partial charge in [0.2, 0.25) is 5.91 Å². The second-order valence-corrected chi connectivity index (χ2v) is 6.42. The number of fused-ring (bicyclic) bond motifs is 1. The number of pyridine rings is 1. The number of hydrogen-bond donors (Lipinski definition) is 1. The van der Waals surface area contributed by atoms with Gasteiger partial charge in [-0.15, -0.1) is 0 Å². The highest BCUT2D eigenvalue weighted by molar-refractivity contribution is 5.89. The Labute approximate surface area is 131 Å². The average Bonchev–Trinajstić information content (AvgIpc) is 3.02. The zero-order chi connectivity index (χ0) is 15.7. The van der Waals surface area contributed by atoms with Gasteiger partial charge in [-0.05, 0) is 25.0 Å². The Bertz CT molecular complexity index is 663. The lowest BCUT2D eigenvalue weighted by Crippen LogP contribution is -2.49. The maximum atomic E-state index is 12.3. The monoisotopic (exact) mass is 300 g/mol. The number of H-pyrrole nitrogens is 1. The lowest BCUT2D eigenvalue weighted by molar-refractivity contribution is -0.135. The molecule has 0 aliphatic carbocycles. The maximum Gasteiger partial charge on any atom is 0.225 e. The smallest absolute Gasteiger partial charge is 0.225 e. The molecule has 1 N–H and O–H groups in total. The normalized spacial score (nSPS) is 18.9. The van der Waals surface area contributed by atoms with Gasteiger partial charge < -0.3 is 14.8 Å². The van der Waals surface area contributed by atoms with Crippen LogP contribution in [0.25, 0.3) is 11.0 Å². The Hall–Kier alpha value is -2.04. The molecule has 1 unspecified atom stereocenters. The summed E-state index contributed by atoms with van der Waals surface area (Å²) in [6.45, 7) is 5.64. The van der Waals surface area contributed by atoms with Crippen molar-refractivity contribution in [3.63, 3.8) is 0 Å². The fourth-order valence-corrected chi connectivity index (χ4v) is 3.29. The van der Waals surface area contributed by atoms with Gasteiger partial charge in [-0.1, -0.05) is 13.8 Å². The van der Waals surface area contributed by atoms with Crippen molar-refractivity contribution in [1.82, 2.24) is 14.9 Å². The molecule has 1 amide bonds. The summed E-state index contributed by atoms with van der Waals surface area (Å²) < 4.78 is 0. The number of piperidine rings is 1. The number of amides is 1. The van der Waals surface area contributed by atoms with Crippen molar-refractivity contribution in [3.8, 4) is 0 Å². The number of aromatic amines is 1. The van der Waals surface area contributed by atoms with E-state index in [2.05, 4.69) is 34.0 Å². The van der Waals surface area contributed by atoms with Crippen LogP contribution in [0.3, 0.4) is 0 Å². The Morgan fingerprint density at radius 2 is 2.27 bits per heavy atom. The van der Waals surface area contributed by atoms with Crippen molar-refractivity contribution < 1.29 is 4.79 Å². The first-order valence-corrected chi connectivity index (χ1v) is 8.01. The van der Waals surface area contributed by atoms with Crippen LogP contribution in [0.4, 0.5) is 5.69 Å². The molecule has 1 aliphatic heterocycles. The topological polar surface area (TPSA) is 52.2 Å². The molecule has 1 saturated heterocycles. The minimum Gasteiger partial charge on any atom is -0.369 e. The summed E-state index contributed by atoms with van der Waals surface area (Å²) in [6.07, 6.45) is 5.94. The fraction of sp³-hybridized carbons (Fsp3) is 0.529. The summed E-state index contributed by atoms with van der Waals surface area (Å²) in [6, 6.07) is 4.48. The van der Waals surface area contributed by atoms with Crippen LogP contribution in [0.15, 0.2) is 24.5 Å². The third kappa shape index (κ3) is 2.67. The average molecular weight is 300 g/mol. The van der Waals surface area contributed by atoms with E-state index < -0.39 is 0 Å². The molecule has 118 valence electrons. The number of hydrogen-bond acceptors (Lipinski definition) is 3. The number of rotatable bonds is 3. The van der Waals surface area contributed by atoms with Crippen LogP contribution in [0.5, 0.6) is 0 Å². The zero-order valence-electron chi connectivity index (χ0n) is 13.5. The summed E-state index contributed by atoms with van der Waals surface area (Å²) in [4.78, 5) is 24.1. The largest absolute Gasteiger partial charge is 0.369 e. The summed E-state index contributed by atoms with van der Waals surface area (Å²) in [5.74, 6) is 0.334. The Balaban J connectivity index is 1.81. The summed E-state index contributed by atoms with van der Waals surface area (Å²) in [7, 11) is 2.12. The number of nitrogens with one attached hydrogen (secondary N) is 1. The first kappa shape index (κ1) is 14.9. The van der Waals surface area contributed by atoms with Gasteiger partial charge in [-0.2, -0.15) is 0 Å². The predicted molar refractivity (Wildman–Crippen MR) is 88.9 cm³/mol. The van der Waals surface area contributed by atoms with Crippen LogP contribution in [0, 0.1) is 5.92 Å².